The minimum atomic E-state index is -0.756. The zero-order chi connectivity index (χ0) is 25.0. The van der Waals surface area contributed by atoms with E-state index in [4.69, 9.17) is 14.5 Å². The fourth-order valence-corrected chi connectivity index (χ4v) is 4.97. The largest absolute Gasteiger partial charge is 0.481 e. The van der Waals surface area contributed by atoms with Crippen LogP contribution in [0, 0.1) is 13.8 Å². The maximum absolute atomic E-state index is 11.8. The van der Waals surface area contributed by atoms with Crippen molar-refractivity contribution in [2.75, 3.05) is 0 Å². The number of pyridine rings is 1. The lowest BCUT2D eigenvalue weighted by Crippen LogP contribution is -2.19. The summed E-state index contributed by atoms with van der Waals surface area (Å²) < 4.78 is 7.46. The van der Waals surface area contributed by atoms with Crippen molar-refractivity contribution in [2.24, 2.45) is 0 Å². The summed E-state index contributed by atoms with van der Waals surface area (Å²) in [5.74, 6) is -0.0611. The predicted octanol–water partition coefficient (Wildman–Crippen LogP) is 5.49. The normalized spacial score (nSPS) is 15.2. The number of fused-ring (bicyclic) bond motifs is 1. The van der Waals surface area contributed by atoms with Crippen molar-refractivity contribution in [2.45, 2.75) is 45.1 Å². The van der Waals surface area contributed by atoms with Crippen molar-refractivity contribution in [3.05, 3.63) is 83.8 Å². The van der Waals surface area contributed by atoms with Crippen LogP contribution in [-0.2, 0) is 10.2 Å². The fourth-order valence-electron chi connectivity index (χ4n) is 4.97. The van der Waals surface area contributed by atoms with Crippen LogP contribution < -0.4 is 0 Å². The molecule has 1 aromatic carbocycles. The summed E-state index contributed by atoms with van der Waals surface area (Å²) in [7, 11) is 0. The molecule has 1 atom stereocenters. The SMILES string of the molecule is Cc1noc(C)c1-c1cnc2c(-c3ccc(C4(C(=O)O)CC4)cc3)cn([C@@H](C)c3ccccn3)c2n1. The van der Waals surface area contributed by atoms with Crippen molar-refractivity contribution in [1.29, 1.82) is 0 Å². The number of rotatable bonds is 6. The Morgan fingerprint density at radius 1 is 1.11 bits per heavy atom. The number of carboxylic acid groups (broad SMARTS) is 1. The van der Waals surface area contributed by atoms with Gasteiger partial charge in [0.2, 0.25) is 0 Å². The van der Waals surface area contributed by atoms with Crippen LogP contribution in [0.3, 0.4) is 0 Å². The Hall–Kier alpha value is -4.33. The molecule has 1 aliphatic carbocycles. The van der Waals surface area contributed by atoms with Gasteiger partial charge in [0.1, 0.15) is 11.3 Å². The van der Waals surface area contributed by atoms with Gasteiger partial charge in [0.15, 0.2) is 5.65 Å². The summed E-state index contributed by atoms with van der Waals surface area (Å²) in [6.45, 7) is 5.85. The smallest absolute Gasteiger partial charge is 0.314 e. The molecule has 0 saturated heterocycles. The Morgan fingerprint density at radius 2 is 1.89 bits per heavy atom. The van der Waals surface area contributed by atoms with Gasteiger partial charge in [-0.1, -0.05) is 35.5 Å². The molecule has 0 amide bonds. The third-order valence-electron chi connectivity index (χ3n) is 7.25. The molecule has 4 aromatic heterocycles. The molecule has 0 unspecified atom stereocenters. The summed E-state index contributed by atoms with van der Waals surface area (Å²) in [6.07, 6.45) is 6.96. The second-order valence-electron chi connectivity index (χ2n) is 9.47. The number of carbonyl (C=O) groups is 1. The third kappa shape index (κ3) is 3.40. The van der Waals surface area contributed by atoms with Crippen molar-refractivity contribution >= 4 is 17.1 Å². The van der Waals surface area contributed by atoms with E-state index in [1.54, 1.807) is 12.4 Å². The molecule has 0 aliphatic heterocycles. The summed E-state index contributed by atoms with van der Waals surface area (Å²) in [5.41, 5.74) is 6.71. The minimum Gasteiger partial charge on any atom is -0.481 e. The summed E-state index contributed by atoms with van der Waals surface area (Å²) in [6, 6.07) is 13.6. The zero-order valence-corrected chi connectivity index (χ0v) is 20.3. The van der Waals surface area contributed by atoms with Gasteiger partial charge in [0.05, 0.1) is 40.3 Å². The molecular formula is C28H25N5O3. The first-order chi connectivity index (χ1) is 17.4. The number of hydrogen-bond acceptors (Lipinski definition) is 6. The van der Waals surface area contributed by atoms with Crippen LogP contribution in [0.25, 0.3) is 33.5 Å². The maximum atomic E-state index is 11.8. The van der Waals surface area contributed by atoms with Crippen molar-refractivity contribution in [3.8, 4) is 22.4 Å². The van der Waals surface area contributed by atoms with E-state index in [1.807, 2.05) is 56.3 Å². The summed E-state index contributed by atoms with van der Waals surface area (Å²) in [4.78, 5) is 26.2. The highest BCUT2D eigenvalue weighted by Crippen LogP contribution is 2.48. The number of aromatic nitrogens is 5. The predicted molar refractivity (Wildman–Crippen MR) is 135 cm³/mol. The van der Waals surface area contributed by atoms with E-state index in [2.05, 4.69) is 27.8 Å². The number of aliphatic carboxylic acids is 1. The number of carboxylic acids is 1. The molecule has 8 heteroatoms. The Balaban J connectivity index is 1.51. The molecule has 1 fully saturated rings. The van der Waals surface area contributed by atoms with Gasteiger partial charge in [-0.15, -0.1) is 0 Å². The monoisotopic (exact) mass is 479 g/mol. The van der Waals surface area contributed by atoms with Crippen molar-refractivity contribution < 1.29 is 14.4 Å². The van der Waals surface area contributed by atoms with E-state index in [0.29, 0.717) is 24.3 Å². The van der Waals surface area contributed by atoms with Crippen molar-refractivity contribution in [1.82, 2.24) is 24.7 Å². The van der Waals surface area contributed by atoms with Gasteiger partial charge in [-0.2, -0.15) is 0 Å². The zero-order valence-electron chi connectivity index (χ0n) is 20.3. The van der Waals surface area contributed by atoms with Crippen LogP contribution in [-0.4, -0.2) is 35.8 Å². The lowest BCUT2D eigenvalue weighted by atomic mass is 9.94. The van der Waals surface area contributed by atoms with Gasteiger partial charge >= 0.3 is 5.97 Å². The lowest BCUT2D eigenvalue weighted by molar-refractivity contribution is -0.140. The van der Waals surface area contributed by atoms with E-state index in [0.717, 1.165) is 44.8 Å². The van der Waals surface area contributed by atoms with Gasteiger partial charge in [0.25, 0.3) is 0 Å². The molecule has 4 heterocycles. The highest BCUT2D eigenvalue weighted by molar-refractivity contribution is 5.92. The van der Waals surface area contributed by atoms with Crippen LogP contribution in [0.5, 0.6) is 0 Å². The molecule has 1 aliphatic rings. The number of hydrogen-bond donors (Lipinski definition) is 1. The van der Waals surface area contributed by atoms with E-state index in [9.17, 15) is 9.90 Å². The van der Waals surface area contributed by atoms with E-state index in [-0.39, 0.29) is 6.04 Å². The minimum absolute atomic E-state index is 0.0855. The molecule has 180 valence electrons. The van der Waals surface area contributed by atoms with Gasteiger partial charge in [-0.3, -0.25) is 9.78 Å². The first-order valence-electron chi connectivity index (χ1n) is 11.9. The molecule has 6 rings (SSSR count). The van der Waals surface area contributed by atoms with E-state index < -0.39 is 11.4 Å². The van der Waals surface area contributed by atoms with Crippen molar-refractivity contribution in [3.63, 3.8) is 0 Å². The van der Waals surface area contributed by atoms with Crippen LogP contribution in [0.2, 0.25) is 0 Å². The average molecular weight is 480 g/mol. The highest BCUT2D eigenvalue weighted by atomic mass is 16.5. The van der Waals surface area contributed by atoms with Gasteiger partial charge in [-0.25, -0.2) is 9.97 Å². The van der Waals surface area contributed by atoms with Crippen LogP contribution in [0.4, 0.5) is 0 Å². The summed E-state index contributed by atoms with van der Waals surface area (Å²) >= 11 is 0. The van der Waals surface area contributed by atoms with Crippen LogP contribution in [0.15, 0.2) is 65.6 Å². The molecule has 1 N–H and O–H groups in total. The topological polar surface area (TPSA) is 107 Å². The third-order valence-corrected chi connectivity index (χ3v) is 7.25. The molecule has 5 aromatic rings. The van der Waals surface area contributed by atoms with Crippen LogP contribution >= 0.6 is 0 Å². The molecule has 0 spiro atoms. The van der Waals surface area contributed by atoms with E-state index in [1.165, 1.54) is 0 Å². The number of nitrogens with zero attached hydrogens (tertiary/aromatic N) is 5. The molecular weight excluding hydrogens is 454 g/mol. The number of aryl methyl sites for hydroxylation is 2. The second kappa shape index (κ2) is 8.12. The van der Waals surface area contributed by atoms with Crippen LogP contribution in [0.1, 0.15) is 48.5 Å². The highest BCUT2D eigenvalue weighted by Gasteiger charge is 2.51. The average Bonchev–Trinajstić information content (AvgIpc) is 3.54. The Labute approximate surface area is 207 Å². The first-order valence-corrected chi connectivity index (χ1v) is 11.9. The quantitative estimate of drug-likeness (QED) is 0.343. The lowest BCUT2D eigenvalue weighted by Gasteiger charge is -2.14. The van der Waals surface area contributed by atoms with Gasteiger partial charge < -0.3 is 14.2 Å². The number of benzene rings is 1. The molecule has 36 heavy (non-hydrogen) atoms. The Morgan fingerprint density at radius 3 is 2.50 bits per heavy atom. The maximum Gasteiger partial charge on any atom is 0.314 e. The van der Waals surface area contributed by atoms with Gasteiger partial charge in [-0.05, 0) is 56.9 Å². The van der Waals surface area contributed by atoms with Gasteiger partial charge in [0, 0.05) is 18.0 Å². The molecule has 1 saturated carbocycles. The molecule has 0 bridgehead atoms. The Bertz CT molecular complexity index is 1580. The fraction of sp³-hybridized carbons (Fsp3) is 0.250. The summed E-state index contributed by atoms with van der Waals surface area (Å²) in [5, 5.41) is 13.7. The molecule has 8 nitrogen and oxygen atoms in total. The molecule has 0 radical (unpaired) electrons. The second-order valence-corrected chi connectivity index (χ2v) is 9.47. The Kier molecular flexibility index (Phi) is 5.00. The first kappa shape index (κ1) is 22.2. The van der Waals surface area contributed by atoms with E-state index >= 15 is 0 Å². The standard InChI is InChI=1S/C28H25N5O3/c1-16-24(18(3)36-32-16)23-14-30-25-21(19-7-9-20(10-8-19)28(11-12-28)27(34)35)15-33(26(25)31-23)17(2)22-6-4-5-13-29-22/h4-10,13-15,17H,11-12H2,1-3H3,(H,34,35)/t17-/m0/s1.